The second-order valence-electron chi connectivity index (χ2n) is 6.91. The number of rotatable bonds is 18. The van der Waals surface area contributed by atoms with E-state index >= 15 is 0 Å². The summed E-state index contributed by atoms with van der Waals surface area (Å²) in [5, 5.41) is 0. The second kappa shape index (κ2) is 20.3. The first-order valence-corrected chi connectivity index (χ1v) is 10.6. The van der Waals surface area contributed by atoms with Gasteiger partial charge in [0.2, 0.25) is 0 Å². The molecule has 142 valence electrons. The smallest absolute Gasteiger partial charge is 0.305 e. The van der Waals surface area contributed by atoms with Gasteiger partial charge in [-0.25, -0.2) is 0 Å². The van der Waals surface area contributed by atoms with Crippen LogP contribution in [0.25, 0.3) is 0 Å². The molecule has 24 heavy (non-hydrogen) atoms. The van der Waals surface area contributed by atoms with Gasteiger partial charge in [0.25, 0.3) is 0 Å². The van der Waals surface area contributed by atoms with Crippen LogP contribution in [0.1, 0.15) is 117 Å². The van der Waals surface area contributed by atoms with Crippen molar-refractivity contribution in [2.24, 2.45) is 0 Å². The predicted molar refractivity (Wildman–Crippen MR) is 105 cm³/mol. The van der Waals surface area contributed by atoms with Crippen molar-refractivity contribution in [3.63, 3.8) is 0 Å². The van der Waals surface area contributed by atoms with E-state index in [-0.39, 0.29) is 5.97 Å². The van der Waals surface area contributed by atoms with Gasteiger partial charge in [-0.15, -0.1) is 0 Å². The second-order valence-corrected chi connectivity index (χ2v) is 6.91. The molecule has 2 nitrogen and oxygen atoms in total. The number of allylic oxidation sites excluding steroid dienone is 2. The van der Waals surface area contributed by atoms with E-state index in [1.807, 2.05) is 0 Å². The zero-order chi connectivity index (χ0) is 17.7. The lowest BCUT2D eigenvalue weighted by atomic mass is 10.1. The standard InChI is InChI=1S/C22H42O2/c1-3-5-7-8-9-10-11-12-13-14-15-16-17-18-19-20-22(23)24-21-6-4-2/h15-16H,3-14,17-21H2,1-2H3. The lowest BCUT2D eigenvalue weighted by Gasteiger charge is -2.02. The summed E-state index contributed by atoms with van der Waals surface area (Å²) in [6.07, 6.45) is 24.2. The minimum absolute atomic E-state index is 0.0258. The minimum atomic E-state index is -0.0258. The Hall–Kier alpha value is -0.790. The SMILES string of the molecule is CCCCCCCCCCCC=CCCCCC(=O)OCCCC. The Balaban J connectivity index is 3.17. The van der Waals surface area contributed by atoms with Gasteiger partial charge in [-0.3, -0.25) is 4.79 Å². The van der Waals surface area contributed by atoms with Crippen LogP contribution < -0.4 is 0 Å². The van der Waals surface area contributed by atoms with Gasteiger partial charge in [0, 0.05) is 6.42 Å². The van der Waals surface area contributed by atoms with Crippen LogP contribution in [0.2, 0.25) is 0 Å². The highest BCUT2D eigenvalue weighted by atomic mass is 16.5. The van der Waals surface area contributed by atoms with Gasteiger partial charge in [0.1, 0.15) is 0 Å². The molecule has 2 heteroatoms. The Morgan fingerprint density at radius 1 is 0.667 bits per heavy atom. The number of hydrogen-bond donors (Lipinski definition) is 0. The van der Waals surface area contributed by atoms with Crippen LogP contribution in [0.5, 0.6) is 0 Å². The highest BCUT2D eigenvalue weighted by Crippen LogP contribution is 2.11. The number of carbonyl (C=O) groups excluding carboxylic acids is 1. The highest BCUT2D eigenvalue weighted by Gasteiger charge is 2.00. The van der Waals surface area contributed by atoms with Crippen LogP contribution >= 0.6 is 0 Å². The van der Waals surface area contributed by atoms with E-state index in [1.165, 1.54) is 64.2 Å². The Morgan fingerprint density at radius 2 is 1.17 bits per heavy atom. The molecule has 0 aromatic heterocycles. The van der Waals surface area contributed by atoms with Gasteiger partial charge in [-0.2, -0.15) is 0 Å². The number of unbranched alkanes of at least 4 members (excludes halogenated alkanes) is 12. The van der Waals surface area contributed by atoms with Crippen molar-refractivity contribution >= 4 is 5.97 Å². The molecule has 0 bridgehead atoms. The van der Waals surface area contributed by atoms with E-state index in [9.17, 15) is 4.79 Å². The van der Waals surface area contributed by atoms with Gasteiger partial charge < -0.3 is 4.74 Å². The zero-order valence-corrected chi connectivity index (χ0v) is 16.5. The van der Waals surface area contributed by atoms with Gasteiger partial charge in [-0.1, -0.05) is 83.8 Å². The lowest BCUT2D eigenvalue weighted by Crippen LogP contribution is -2.05. The molecule has 0 saturated carbocycles. The lowest BCUT2D eigenvalue weighted by molar-refractivity contribution is -0.143. The molecule has 0 unspecified atom stereocenters. The number of ether oxygens (including phenoxy) is 1. The van der Waals surface area contributed by atoms with E-state index in [0.29, 0.717) is 13.0 Å². The minimum Gasteiger partial charge on any atom is -0.466 e. The summed E-state index contributed by atoms with van der Waals surface area (Å²) in [6.45, 7) is 4.97. The van der Waals surface area contributed by atoms with Crippen molar-refractivity contribution in [3.8, 4) is 0 Å². The predicted octanol–water partition coefficient (Wildman–Crippen LogP) is 7.37. The first kappa shape index (κ1) is 23.2. The average Bonchev–Trinajstić information content (AvgIpc) is 2.58. The molecule has 0 heterocycles. The number of esters is 1. The summed E-state index contributed by atoms with van der Waals surface area (Å²) < 4.78 is 5.14. The summed E-state index contributed by atoms with van der Waals surface area (Å²) in [7, 11) is 0. The van der Waals surface area contributed by atoms with E-state index in [2.05, 4.69) is 26.0 Å². The number of hydrogen-bond acceptors (Lipinski definition) is 2. The maximum absolute atomic E-state index is 11.4. The Bertz CT molecular complexity index is 284. The van der Waals surface area contributed by atoms with Crippen molar-refractivity contribution in [2.75, 3.05) is 6.61 Å². The molecule has 0 aromatic carbocycles. The molecule has 0 saturated heterocycles. The monoisotopic (exact) mass is 338 g/mol. The van der Waals surface area contributed by atoms with Crippen LogP contribution in [0.15, 0.2) is 12.2 Å². The molecule has 0 N–H and O–H groups in total. The fourth-order valence-electron chi connectivity index (χ4n) is 2.74. The van der Waals surface area contributed by atoms with Gasteiger partial charge in [0.05, 0.1) is 6.61 Å². The van der Waals surface area contributed by atoms with E-state index < -0.39 is 0 Å². The summed E-state index contributed by atoms with van der Waals surface area (Å²) in [4.78, 5) is 11.4. The van der Waals surface area contributed by atoms with Gasteiger partial charge in [-0.05, 0) is 38.5 Å². The molecular weight excluding hydrogens is 296 g/mol. The normalized spacial score (nSPS) is 11.2. The van der Waals surface area contributed by atoms with Crippen LogP contribution in [0, 0.1) is 0 Å². The Kier molecular flexibility index (Phi) is 19.6. The van der Waals surface area contributed by atoms with Crippen LogP contribution in [0.4, 0.5) is 0 Å². The van der Waals surface area contributed by atoms with Crippen molar-refractivity contribution in [2.45, 2.75) is 117 Å². The van der Waals surface area contributed by atoms with E-state index in [0.717, 1.165) is 32.1 Å². The molecule has 0 aromatic rings. The molecule has 0 rings (SSSR count). The fourth-order valence-corrected chi connectivity index (χ4v) is 2.74. The topological polar surface area (TPSA) is 26.3 Å². The van der Waals surface area contributed by atoms with Crippen LogP contribution in [-0.2, 0) is 9.53 Å². The fraction of sp³-hybridized carbons (Fsp3) is 0.864. The molecule has 0 aliphatic heterocycles. The quantitative estimate of drug-likeness (QED) is 0.148. The highest BCUT2D eigenvalue weighted by molar-refractivity contribution is 5.69. The van der Waals surface area contributed by atoms with Gasteiger partial charge in [0.15, 0.2) is 0 Å². The first-order valence-electron chi connectivity index (χ1n) is 10.6. The molecule has 0 amide bonds. The van der Waals surface area contributed by atoms with E-state index in [4.69, 9.17) is 4.74 Å². The number of carbonyl (C=O) groups is 1. The third-order valence-corrected chi connectivity index (χ3v) is 4.40. The molecule has 0 aliphatic rings. The summed E-state index contributed by atoms with van der Waals surface area (Å²) in [5.74, 6) is -0.0258. The van der Waals surface area contributed by atoms with Crippen molar-refractivity contribution < 1.29 is 9.53 Å². The van der Waals surface area contributed by atoms with E-state index in [1.54, 1.807) is 0 Å². The molecule has 0 spiro atoms. The molecule has 0 fully saturated rings. The van der Waals surface area contributed by atoms with Crippen LogP contribution in [0.3, 0.4) is 0 Å². The third-order valence-electron chi connectivity index (χ3n) is 4.40. The molecule has 0 aliphatic carbocycles. The largest absolute Gasteiger partial charge is 0.466 e. The summed E-state index contributed by atoms with van der Waals surface area (Å²) in [6, 6.07) is 0. The Labute approximate surface area is 151 Å². The molecule has 0 radical (unpaired) electrons. The van der Waals surface area contributed by atoms with Gasteiger partial charge >= 0.3 is 5.97 Å². The average molecular weight is 339 g/mol. The zero-order valence-electron chi connectivity index (χ0n) is 16.5. The maximum Gasteiger partial charge on any atom is 0.305 e. The van der Waals surface area contributed by atoms with Crippen molar-refractivity contribution in [1.82, 2.24) is 0 Å². The van der Waals surface area contributed by atoms with Crippen molar-refractivity contribution in [1.29, 1.82) is 0 Å². The third kappa shape index (κ3) is 19.3. The molecule has 0 atom stereocenters. The Morgan fingerprint density at radius 3 is 1.75 bits per heavy atom. The first-order chi connectivity index (χ1) is 11.8. The summed E-state index contributed by atoms with van der Waals surface area (Å²) >= 11 is 0. The summed E-state index contributed by atoms with van der Waals surface area (Å²) in [5.41, 5.74) is 0. The molecular formula is C22H42O2. The van der Waals surface area contributed by atoms with Crippen molar-refractivity contribution in [3.05, 3.63) is 12.2 Å². The maximum atomic E-state index is 11.4. The van der Waals surface area contributed by atoms with Crippen LogP contribution in [-0.4, -0.2) is 12.6 Å².